The monoisotopic (exact) mass is 371 g/mol. The summed E-state index contributed by atoms with van der Waals surface area (Å²) < 4.78 is 23.3. The minimum absolute atomic E-state index is 0.128. The summed E-state index contributed by atoms with van der Waals surface area (Å²) in [6.07, 6.45) is 12.6. The molecule has 2 aliphatic carbocycles. The van der Waals surface area contributed by atoms with Crippen LogP contribution in [0.15, 0.2) is 47.0 Å². The van der Waals surface area contributed by atoms with Crippen LogP contribution in [0, 0.1) is 12.3 Å². The number of nitrogens with zero attached hydrogens (tertiary/aromatic N) is 1. The van der Waals surface area contributed by atoms with Crippen molar-refractivity contribution < 1.29 is 8.42 Å². The van der Waals surface area contributed by atoms with Gasteiger partial charge in [-0.05, 0) is 60.1 Å². The first kappa shape index (κ1) is 16.7. The van der Waals surface area contributed by atoms with Gasteiger partial charge in [0.15, 0.2) is 14.9 Å². The lowest BCUT2D eigenvalue weighted by Gasteiger charge is -2.16. The molecule has 25 heavy (non-hydrogen) atoms. The third kappa shape index (κ3) is 3.11. The molecule has 1 fully saturated rings. The highest BCUT2D eigenvalue weighted by molar-refractivity contribution is 7.90. The average Bonchev–Trinajstić information content (AvgIpc) is 3.28. The van der Waals surface area contributed by atoms with E-state index < -0.39 is 9.84 Å². The van der Waals surface area contributed by atoms with Crippen molar-refractivity contribution in [3.8, 4) is 0 Å². The number of aryl methyl sites for hydroxylation is 1. The maximum Gasteiger partial charge on any atom is 0.192 e. The molecule has 2 aromatic rings. The van der Waals surface area contributed by atoms with Crippen molar-refractivity contribution in [1.82, 2.24) is 4.98 Å². The molecule has 0 amide bonds. The Morgan fingerprint density at radius 1 is 1.12 bits per heavy atom. The Morgan fingerprint density at radius 2 is 1.84 bits per heavy atom. The summed E-state index contributed by atoms with van der Waals surface area (Å²) in [6.45, 7) is 2.12. The molecule has 2 aliphatic rings. The molecule has 0 bridgehead atoms. The van der Waals surface area contributed by atoms with Gasteiger partial charge in [-0.15, -0.1) is 11.3 Å². The van der Waals surface area contributed by atoms with Crippen molar-refractivity contribution in [3.05, 3.63) is 57.9 Å². The van der Waals surface area contributed by atoms with Crippen molar-refractivity contribution in [3.63, 3.8) is 0 Å². The van der Waals surface area contributed by atoms with Gasteiger partial charge in [-0.1, -0.05) is 25.0 Å². The summed E-state index contributed by atoms with van der Waals surface area (Å²) in [7, 11) is -3.27. The number of sulfone groups is 1. The zero-order valence-corrected chi connectivity index (χ0v) is 16.1. The van der Waals surface area contributed by atoms with Gasteiger partial charge in [-0.25, -0.2) is 13.4 Å². The van der Waals surface area contributed by atoms with Crippen molar-refractivity contribution in [2.75, 3.05) is 6.26 Å². The first-order valence-corrected chi connectivity index (χ1v) is 11.3. The molecule has 0 atom stereocenters. The van der Waals surface area contributed by atoms with Gasteiger partial charge in [0, 0.05) is 28.3 Å². The number of aromatic nitrogens is 1. The lowest BCUT2D eigenvalue weighted by molar-refractivity contribution is 0.523. The molecule has 3 nitrogen and oxygen atoms in total. The second kappa shape index (κ2) is 5.92. The predicted octanol–water partition coefficient (Wildman–Crippen LogP) is 4.90. The third-order valence-electron chi connectivity index (χ3n) is 5.11. The van der Waals surface area contributed by atoms with E-state index in [1.54, 1.807) is 23.6 Å². The minimum atomic E-state index is -3.27. The van der Waals surface area contributed by atoms with Gasteiger partial charge in [0.25, 0.3) is 0 Å². The Bertz CT molecular complexity index is 973. The number of hydrogen-bond acceptors (Lipinski definition) is 4. The lowest BCUT2D eigenvalue weighted by atomic mass is 9.88. The van der Waals surface area contributed by atoms with Crippen molar-refractivity contribution in [2.45, 2.75) is 37.6 Å². The summed E-state index contributed by atoms with van der Waals surface area (Å²) >= 11 is 1.77. The molecule has 0 saturated heterocycles. The SMILES string of the molecule is Cc1csc(C2=CC3(C=C2c2ccc(S(C)(=O)=O)nc2)CCCC3)c1. The van der Waals surface area contributed by atoms with E-state index in [1.165, 1.54) is 53.5 Å². The zero-order chi connectivity index (χ0) is 17.7. The van der Waals surface area contributed by atoms with Crippen LogP contribution in [-0.4, -0.2) is 19.7 Å². The second-order valence-electron chi connectivity index (χ2n) is 7.20. The van der Waals surface area contributed by atoms with Crippen molar-refractivity contribution in [1.29, 1.82) is 0 Å². The van der Waals surface area contributed by atoms with E-state index in [2.05, 4.69) is 35.5 Å². The van der Waals surface area contributed by atoms with Crippen LogP contribution in [0.25, 0.3) is 11.1 Å². The summed E-state index contributed by atoms with van der Waals surface area (Å²) in [5.74, 6) is 0. The van der Waals surface area contributed by atoms with E-state index in [0.717, 1.165) is 5.56 Å². The van der Waals surface area contributed by atoms with Crippen LogP contribution in [0.4, 0.5) is 0 Å². The molecule has 0 unspecified atom stereocenters. The highest BCUT2D eigenvalue weighted by Gasteiger charge is 2.36. The van der Waals surface area contributed by atoms with Crippen LogP contribution in [0.5, 0.6) is 0 Å². The van der Waals surface area contributed by atoms with Crippen LogP contribution >= 0.6 is 11.3 Å². The summed E-state index contributed by atoms with van der Waals surface area (Å²) in [4.78, 5) is 5.47. The molecule has 0 radical (unpaired) electrons. The molecule has 1 saturated carbocycles. The fourth-order valence-corrected chi connectivity index (χ4v) is 5.36. The highest BCUT2D eigenvalue weighted by Crippen LogP contribution is 2.52. The molecular formula is C20H21NO2S2. The molecule has 0 aromatic carbocycles. The van der Waals surface area contributed by atoms with Gasteiger partial charge in [0.2, 0.25) is 0 Å². The molecule has 130 valence electrons. The van der Waals surface area contributed by atoms with E-state index in [-0.39, 0.29) is 10.4 Å². The fourth-order valence-electron chi connectivity index (χ4n) is 3.87. The average molecular weight is 372 g/mol. The Kier molecular flexibility index (Phi) is 3.96. The fraction of sp³-hybridized carbons (Fsp3) is 0.350. The topological polar surface area (TPSA) is 47.0 Å². The van der Waals surface area contributed by atoms with E-state index in [0.29, 0.717) is 0 Å². The van der Waals surface area contributed by atoms with Crippen LogP contribution in [0.2, 0.25) is 0 Å². The number of rotatable bonds is 3. The molecule has 5 heteroatoms. The van der Waals surface area contributed by atoms with E-state index in [9.17, 15) is 8.42 Å². The van der Waals surface area contributed by atoms with Crippen LogP contribution in [0.1, 0.15) is 41.7 Å². The van der Waals surface area contributed by atoms with Gasteiger partial charge in [0.1, 0.15) is 0 Å². The standard InChI is InChI=1S/C20H21NO2S2/c1-14-9-18(24-13-14)17-11-20(7-3-4-8-20)10-16(17)15-5-6-19(21-12-15)25(2,22)23/h5-6,9-13H,3-4,7-8H2,1-2H3. The number of allylic oxidation sites excluding steroid dienone is 4. The smallest absolute Gasteiger partial charge is 0.192 e. The summed E-state index contributed by atoms with van der Waals surface area (Å²) in [6, 6.07) is 5.73. The van der Waals surface area contributed by atoms with Gasteiger partial charge < -0.3 is 0 Å². The van der Waals surface area contributed by atoms with Crippen molar-refractivity contribution in [2.24, 2.45) is 5.41 Å². The second-order valence-corrected chi connectivity index (χ2v) is 10.1. The molecule has 4 rings (SSSR count). The van der Waals surface area contributed by atoms with E-state index in [1.807, 2.05) is 6.07 Å². The van der Waals surface area contributed by atoms with E-state index >= 15 is 0 Å². The molecule has 0 aliphatic heterocycles. The Balaban J connectivity index is 1.79. The Hall–Kier alpha value is -1.72. The number of hydrogen-bond donors (Lipinski definition) is 0. The van der Waals surface area contributed by atoms with Crippen LogP contribution in [0.3, 0.4) is 0 Å². The first-order chi connectivity index (χ1) is 11.9. The Morgan fingerprint density at radius 3 is 2.40 bits per heavy atom. The van der Waals surface area contributed by atoms with E-state index in [4.69, 9.17) is 0 Å². The maximum absolute atomic E-state index is 11.7. The zero-order valence-electron chi connectivity index (χ0n) is 14.5. The molecule has 0 N–H and O–H groups in total. The van der Waals surface area contributed by atoms with Crippen molar-refractivity contribution >= 4 is 32.3 Å². The van der Waals surface area contributed by atoms with Crippen LogP contribution in [-0.2, 0) is 9.84 Å². The molecule has 2 heterocycles. The van der Waals surface area contributed by atoms with Gasteiger partial charge in [-0.3, -0.25) is 0 Å². The van der Waals surface area contributed by atoms with Crippen LogP contribution < -0.4 is 0 Å². The normalized spacial score (nSPS) is 19.3. The Labute approximate surface area is 153 Å². The van der Waals surface area contributed by atoms with Gasteiger partial charge >= 0.3 is 0 Å². The summed E-state index contributed by atoms with van der Waals surface area (Å²) in [5, 5.41) is 2.31. The third-order valence-corrected chi connectivity index (χ3v) is 7.19. The quantitative estimate of drug-likeness (QED) is 0.771. The molecule has 2 aromatic heterocycles. The predicted molar refractivity (Wildman–Crippen MR) is 103 cm³/mol. The molecule has 1 spiro atoms. The highest BCUT2D eigenvalue weighted by atomic mass is 32.2. The minimum Gasteiger partial charge on any atom is -0.244 e. The number of pyridine rings is 1. The summed E-state index contributed by atoms with van der Waals surface area (Å²) in [5.41, 5.74) is 4.90. The first-order valence-electron chi connectivity index (χ1n) is 8.54. The van der Waals surface area contributed by atoms with Gasteiger partial charge in [-0.2, -0.15) is 0 Å². The molecular weight excluding hydrogens is 350 g/mol. The van der Waals surface area contributed by atoms with Gasteiger partial charge in [0.05, 0.1) is 0 Å². The number of thiophene rings is 1. The maximum atomic E-state index is 11.7. The lowest BCUT2D eigenvalue weighted by Crippen LogP contribution is -2.05. The largest absolute Gasteiger partial charge is 0.244 e.